The number of benzene rings is 1. The molecule has 2 unspecified atom stereocenters. The van der Waals surface area contributed by atoms with Crippen LogP contribution in [0.5, 0.6) is 0 Å². The normalized spacial score (nSPS) is 14.1. The van der Waals surface area contributed by atoms with Crippen molar-refractivity contribution in [2.24, 2.45) is 11.7 Å². The Kier molecular flexibility index (Phi) is 5.63. The molecule has 100 valence electrons. The second-order valence-corrected chi connectivity index (χ2v) is 5.17. The molecular weight excluding hydrogens is 248 g/mol. The van der Waals surface area contributed by atoms with Crippen LogP contribution in [0.15, 0.2) is 24.3 Å². The topological polar surface area (TPSA) is 46.3 Å². The van der Waals surface area contributed by atoms with Crippen molar-refractivity contribution in [3.63, 3.8) is 0 Å². The predicted molar refractivity (Wildman–Crippen MR) is 75.4 cm³/mol. The third-order valence-corrected chi connectivity index (χ3v) is 3.46. The van der Waals surface area contributed by atoms with Crippen molar-refractivity contribution in [1.29, 1.82) is 0 Å². The van der Waals surface area contributed by atoms with Crippen LogP contribution in [0.4, 0.5) is 0 Å². The monoisotopic (exact) mass is 268 g/mol. The number of carbonyl (C=O) groups is 1. The van der Waals surface area contributed by atoms with E-state index in [0.29, 0.717) is 11.6 Å². The minimum atomic E-state index is -0.431. The molecule has 0 bridgehead atoms. The average molecular weight is 269 g/mol. The zero-order valence-corrected chi connectivity index (χ0v) is 11.9. The third-order valence-electron chi connectivity index (χ3n) is 3.23. The number of nitrogens with zero attached hydrogens (tertiary/aromatic N) is 1. The van der Waals surface area contributed by atoms with Crippen LogP contribution in [0.1, 0.15) is 25.8 Å². The van der Waals surface area contributed by atoms with E-state index < -0.39 is 6.04 Å². The summed E-state index contributed by atoms with van der Waals surface area (Å²) in [6.07, 6.45) is 0.901. The van der Waals surface area contributed by atoms with Gasteiger partial charge in [-0.05, 0) is 23.6 Å². The Hall–Kier alpha value is -1.06. The second-order valence-electron chi connectivity index (χ2n) is 4.74. The summed E-state index contributed by atoms with van der Waals surface area (Å²) in [7, 11) is 1.77. The number of carbonyl (C=O) groups excluding carboxylic acids is 1. The van der Waals surface area contributed by atoms with Gasteiger partial charge in [0.25, 0.3) is 0 Å². The number of rotatable bonds is 5. The van der Waals surface area contributed by atoms with Crippen molar-refractivity contribution in [3.8, 4) is 0 Å². The van der Waals surface area contributed by atoms with Gasteiger partial charge in [-0.3, -0.25) is 4.79 Å². The summed E-state index contributed by atoms with van der Waals surface area (Å²) in [5.74, 6) is 0.170. The van der Waals surface area contributed by atoms with Gasteiger partial charge in [0.15, 0.2) is 0 Å². The Labute approximate surface area is 114 Å². The molecule has 1 rings (SSSR count). The van der Waals surface area contributed by atoms with Crippen molar-refractivity contribution in [2.75, 3.05) is 7.05 Å². The van der Waals surface area contributed by atoms with Crippen LogP contribution in [0.2, 0.25) is 5.02 Å². The zero-order chi connectivity index (χ0) is 13.7. The quantitative estimate of drug-likeness (QED) is 0.892. The van der Waals surface area contributed by atoms with E-state index in [0.717, 1.165) is 12.0 Å². The Balaban J connectivity index is 2.65. The lowest BCUT2D eigenvalue weighted by molar-refractivity contribution is -0.132. The molecule has 1 aromatic carbocycles. The predicted octanol–water partition coefficient (Wildman–Crippen LogP) is 2.67. The van der Waals surface area contributed by atoms with Crippen LogP contribution in [-0.4, -0.2) is 23.9 Å². The van der Waals surface area contributed by atoms with Crippen LogP contribution in [-0.2, 0) is 11.3 Å². The molecule has 0 spiro atoms. The summed E-state index contributed by atoms with van der Waals surface area (Å²) in [5.41, 5.74) is 6.95. The van der Waals surface area contributed by atoms with Gasteiger partial charge in [0.05, 0.1) is 6.04 Å². The van der Waals surface area contributed by atoms with Crippen molar-refractivity contribution < 1.29 is 4.79 Å². The van der Waals surface area contributed by atoms with Gasteiger partial charge in [0, 0.05) is 18.6 Å². The molecule has 0 aromatic heterocycles. The lowest BCUT2D eigenvalue weighted by Gasteiger charge is -2.24. The first kappa shape index (κ1) is 15.0. The van der Waals surface area contributed by atoms with Gasteiger partial charge >= 0.3 is 0 Å². The van der Waals surface area contributed by atoms with Crippen molar-refractivity contribution in [2.45, 2.75) is 32.9 Å². The first-order valence-electron chi connectivity index (χ1n) is 6.20. The maximum atomic E-state index is 12.1. The van der Waals surface area contributed by atoms with Crippen LogP contribution in [0.25, 0.3) is 0 Å². The van der Waals surface area contributed by atoms with Gasteiger partial charge < -0.3 is 10.6 Å². The standard InChI is InChI=1S/C14H21ClN2O/c1-4-10(2)13(16)14(18)17(3)9-11-6-5-7-12(15)8-11/h5-8,10,13H,4,9,16H2,1-3H3. The highest BCUT2D eigenvalue weighted by Crippen LogP contribution is 2.14. The summed E-state index contributed by atoms with van der Waals surface area (Å²) in [5, 5.41) is 0.680. The molecule has 3 nitrogen and oxygen atoms in total. The van der Waals surface area contributed by atoms with Crippen LogP contribution in [0.3, 0.4) is 0 Å². The minimum Gasteiger partial charge on any atom is -0.340 e. The maximum Gasteiger partial charge on any atom is 0.239 e. The van der Waals surface area contributed by atoms with Crippen LogP contribution in [0, 0.1) is 5.92 Å². The van der Waals surface area contributed by atoms with E-state index in [1.165, 1.54) is 0 Å². The van der Waals surface area contributed by atoms with Gasteiger partial charge in [-0.2, -0.15) is 0 Å². The Morgan fingerprint density at radius 3 is 2.72 bits per heavy atom. The fourth-order valence-electron chi connectivity index (χ4n) is 1.74. The van der Waals surface area contributed by atoms with Crippen LogP contribution >= 0.6 is 11.6 Å². The summed E-state index contributed by atoms with van der Waals surface area (Å²) in [4.78, 5) is 13.8. The summed E-state index contributed by atoms with van der Waals surface area (Å²) < 4.78 is 0. The molecule has 18 heavy (non-hydrogen) atoms. The molecule has 0 fully saturated rings. The fraction of sp³-hybridized carbons (Fsp3) is 0.500. The fourth-order valence-corrected chi connectivity index (χ4v) is 1.95. The Bertz CT molecular complexity index is 409. The SMILES string of the molecule is CCC(C)C(N)C(=O)N(C)Cc1cccc(Cl)c1. The van der Waals surface area contributed by atoms with Crippen molar-refractivity contribution >= 4 is 17.5 Å². The molecule has 1 amide bonds. The highest BCUT2D eigenvalue weighted by Gasteiger charge is 2.22. The number of hydrogen-bond acceptors (Lipinski definition) is 2. The largest absolute Gasteiger partial charge is 0.340 e. The van der Waals surface area contributed by atoms with Gasteiger partial charge in [-0.25, -0.2) is 0 Å². The third kappa shape index (κ3) is 4.00. The second kappa shape index (κ2) is 6.76. The maximum absolute atomic E-state index is 12.1. The first-order chi connectivity index (χ1) is 8.45. The van der Waals surface area contributed by atoms with Gasteiger partial charge in [0.2, 0.25) is 5.91 Å². The average Bonchev–Trinajstić information content (AvgIpc) is 2.36. The first-order valence-corrected chi connectivity index (χ1v) is 6.58. The van der Waals surface area contributed by atoms with Gasteiger partial charge in [-0.1, -0.05) is 44.0 Å². The van der Waals surface area contributed by atoms with E-state index >= 15 is 0 Å². The minimum absolute atomic E-state index is 0.0238. The molecule has 0 aliphatic carbocycles. The Morgan fingerprint density at radius 1 is 1.50 bits per heavy atom. The van der Waals surface area contributed by atoms with Gasteiger partial charge in [0.1, 0.15) is 0 Å². The van der Waals surface area contributed by atoms with E-state index in [4.69, 9.17) is 17.3 Å². The molecule has 2 atom stereocenters. The van der Waals surface area contributed by atoms with E-state index in [2.05, 4.69) is 0 Å². The number of hydrogen-bond donors (Lipinski definition) is 1. The molecule has 0 saturated heterocycles. The summed E-state index contributed by atoms with van der Waals surface area (Å²) in [6.45, 7) is 4.56. The molecule has 0 saturated carbocycles. The zero-order valence-electron chi connectivity index (χ0n) is 11.2. The summed E-state index contributed by atoms with van der Waals surface area (Å²) in [6, 6.07) is 7.08. The van der Waals surface area contributed by atoms with Crippen molar-refractivity contribution in [1.82, 2.24) is 4.90 Å². The number of nitrogens with two attached hydrogens (primary N) is 1. The molecule has 0 radical (unpaired) electrons. The lowest BCUT2D eigenvalue weighted by Crippen LogP contribution is -2.45. The number of likely N-dealkylation sites (N-methyl/N-ethyl adjacent to an activating group) is 1. The number of amides is 1. The van der Waals surface area contributed by atoms with Crippen molar-refractivity contribution in [3.05, 3.63) is 34.9 Å². The molecule has 2 N–H and O–H groups in total. The van der Waals surface area contributed by atoms with E-state index in [9.17, 15) is 4.79 Å². The van der Waals surface area contributed by atoms with E-state index in [-0.39, 0.29) is 11.8 Å². The van der Waals surface area contributed by atoms with Gasteiger partial charge in [-0.15, -0.1) is 0 Å². The smallest absolute Gasteiger partial charge is 0.239 e. The highest BCUT2D eigenvalue weighted by atomic mass is 35.5. The highest BCUT2D eigenvalue weighted by molar-refractivity contribution is 6.30. The molecule has 4 heteroatoms. The molecule has 0 heterocycles. The molecule has 1 aromatic rings. The molecular formula is C14H21ClN2O. The number of halogens is 1. The molecule has 0 aliphatic heterocycles. The Morgan fingerprint density at radius 2 is 2.17 bits per heavy atom. The molecule has 0 aliphatic rings. The lowest BCUT2D eigenvalue weighted by atomic mass is 9.99. The summed E-state index contributed by atoms with van der Waals surface area (Å²) >= 11 is 5.92. The van der Waals surface area contributed by atoms with Crippen LogP contribution < -0.4 is 5.73 Å². The van der Waals surface area contributed by atoms with E-state index in [1.807, 2.05) is 38.1 Å². The van der Waals surface area contributed by atoms with E-state index in [1.54, 1.807) is 11.9 Å².